The topological polar surface area (TPSA) is 72.7 Å². The Hall–Kier alpha value is -1.54. The molecule has 8 heteroatoms. The maximum atomic E-state index is 13.3. The van der Waals surface area contributed by atoms with Crippen LogP contribution in [-0.2, 0) is 4.74 Å². The summed E-state index contributed by atoms with van der Waals surface area (Å²) in [5.41, 5.74) is -0.493. The first-order valence-electron chi connectivity index (χ1n) is 5.78. The fourth-order valence-corrected chi connectivity index (χ4v) is 2.03. The van der Waals surface area contributed by atoms with Gasteiger partial charge in [0.15, 0.2) is 0 Å². The first kappa shape index (κ1) is 16.5. The van der Waals surface area contributed by atoms with Gasteiger partial charge < -0.3 is 9.64 Å². The van der Waals surface area contributed by atoms with Crippen LogP contribution in [0.5, 0.6) is 0 Å². The zero-order chi connectivity index (χ0) is 15.1. The number of amides is 1. The van der Waals surface area contributed by atoms with E-state index >= 15 is 0 Å². The molecule has 0 aliphatic heterocycles. The molecule has 0 N–H and O–H groups in total. The molecule has 20 heavy (non-hydrogen) atoms. The Balaban J connectivity index is 3.01. The van der Waals surface area contributed by atoms with E-state index in [-0.39, 0.29) is 5.56 Å². The van der Waals surface area contributed by atoms with E-state index in [1.165, 1.54) is 12.0 Å². The van der Waals surface area contributed by atoms with Crippen molar-refractivity contribution in [3.63, 3.8) is 0 Å². The molecule has 0 spiro atoms. The van der Waals surface area contributed by atoms with Gasteiger partial charge in [0.1, 0.15) is 5.82 Å². The Morgan fingerprint density at radius 2 is 2.15 bits per heavy atom. The van der Waals surface area contributed by atoms with Crippen molar-refractivity contribution in [2.75, 3.05) is 32.1 Å². The van der Waals surface area contributed by atoms with Gasteiger partial charge >= 0.3 is 0 Å². The molecule has 0 saturated heterocycles. The fourth-order valence-electron chi connectivity index (χ4n) is 1.60. The summed E-state index contributed by atoms with van der Waals surface area (Å²) >= 11 is 3.22. The smallest absolute Gasteiger partial charge is 0.273 e. The highest BCUT2D eigenvalue weighted by atomic mass is 79.9. The van der Waals surface area contributed by atoms with E-state index in [0.717, 1.165) is 18.2 Å². The highest BCUT2D eigenvalue weighted by Crippen LogP contribution is 2.17. The van der Waals surface area contributed by atoms with Crippen LogP contribution >= 0.6 is 15.9 Å². The summed E-state index contributed by atoms with van der Waals surface area (Å²) in [6.07, 6.45) is 0. The first-order valence-corrected chi connectivity index (χ1v) is 6.91. The number of alkyl halides is 1. The molecule has 0 unspecified atom stereocenters. The number of rotatable bonds is 7. The van der Waals surface area contributed by atoms with Crippen molar-refractivity contribution in [2.24, 2.45) is 0 Å². The lowest BCUT2D eigenvalue weighted by Gasteiger charge is -2.21. The third-order valence-electron chi connectivity index (χ3n) is 2.55. The van der Waals surface area contributed by atoms with Crippen LogP contribution in [0.15, 0.2) is 18.2 Å². The first-order chi connectivity index (χ1) is 9.49. The molecule has 1 aromatic carbocycles. The molecule has 1 rings (SSSR count). The number of non-ortho nitro benzene ring substituents is 1. The zero-order valence-electron chi connectivity index (χ0n) is 10.8. The quantitative estimate of drug-likeness (QED) is 0.430. The number of methoxy groups -OCH3 is 1. The second kappa shape index (κ2) is 7.91. The molecule has 110 valence electrons. The number of benzene rings is 1. The Labute approximate surface area is 123 Å². The van der Waals surface area contributed by atoms with Gasteiger partial charge in [0.05, 0.1) is 17.6 Å². The number of carbonyl (C=O) groups is 1. The summed E-state index contributed by atoms with van der Waals surface area (Å²) in [6.45, 7) is 1.05. The summed E-state index contributed by atoms with van der Waals surface area (Å²) in [5, 5.41) is 11.2. The molecule has 0 aliphatic rings. The van der Waals surface area contributed by atoms with Crippen molar-refractivity contribution >= 4 is 27.5 Å². The maximum absolute atomic E-state index is 13.3. The molecule has 0 heterocycles. The van der Waals surface area contributed by atoms with Gasteiger partial charge in [0, 0.05) is 37.2 Å². The number of carbonyl (C=O) groups excluding carboxylic acids is 1. The molecule has 6 nitrogen and oxygen atoms in total. The SMILES string of the molecule is COCCN(CCBr)C(=O)c1cc(F)cc([N+](=O)[O-])c1. The molecule has 0 aromatic heterocycles. The van der Waals surface area contributed by atoms with Crippen molar-refractivity contribution in [2.45, 2.75) is 0 Å². The molecular formula is C12H14BrFN2O4. The average molecular weight is 349 g/mol. The maximum Gasteiger partial charge on any atom is 0.273 e. The predicted octanol–water partition coefficient (Wildman–Crippen LogP) is 2.22. The lowest BCUT2D eigenvalue weighted by molar-refractivity contribution is -0.385. The summed E-state index contributed by atoms with van der Waals surface area (Å²) < 4.78 is 18.2. The predicted molar refractivity (Wildman–Crippen MR) is 74.6 cm³/mol. The van der Waals surface area contributed by atoms with Crippen molar-refractivity contribution in [1.29, 1.82) is 0 Å². The van der Waals surface area contributed by atoms with Gasteiger partial charge in [-0.2, -0.15) is 0 Å². The lowest BCUT2D eigenvalue weighted by atomic mass is 10.1. The van der Waals surface area contributed by atoms with E-state index in [1.54, 1.807) is 0 Å². The van der Waals surface area contributed by atoms with Gasteiger partial charge in [-0.3, -0.25) is 14.9 Å². The number of hydrogen-bond acceptors (Lipinski definition) is 4. The van der Waals surface area contributed by atoms with Crippen molar-refractivity contribution in [1.82, 2.24) is 4.90 Å². The Bertz CT molecular complexity index is 498. The standard InChI is InChI=1S/C12H14BrFN2O4/c1-20-5-4-15(3-2-13)12(17)9-6-10(14)8-11(7-9)16(18)19/h6-8H,2-5H2,1H3. The molecule has 0 atom stereocenters. The summed E-state index contributed by atoms with van der Waals surface area (Å²) in [4.78, 5) is 23.6. The summed E-state index contributed by atoms with van der Waals surface area (Å²) in [5.74, 6) is -1.28. The van der Waals surface area contributed by atoms with E-state index in [0.29, 0.717) is 25.0 Å². The van der Waals surface area contributed by atoms with E-state index in [2.05, 4.69) is 15.9 Å². The number of nitro benzene ring substituents is 1. The minimum absolute atomic E-state index is 0.0475. The summed E-state index contributed by atoms with van der Waals surface area (Å²) in [7, 11) is 1.50. The van der Waals surface area contributed by atoms with Crippen molar-refractivity contribution in [3.8, 4) is 0 Å². The second-order valence-corrected chi connectivity index (χ2v) is 4.72. The molecule has 0 aliphatic carbocycles. The van der Waals surface area contributed by atoms with Crippen LogP contribution in [0.2, 0.25) is 0 Å². The number of halogens is 2. The third-order valence-corrected chi connectivity index (χ3v) is 2.90. The van der Waals surface area contributed by atoms with Crippen molar-refractivity contribution in [3.05, 3.63) is 39.7 Å². The van der Waals surface area contributed by atoms with E-state index in [9.17, 15) is 19.3 Å². The average Bonchev–Trinajstić information content (AvgIpc) is 2.42. The number of nitrogens with zero attached hydrogens (tertiary/aromatic N) is 2. The van der Waals surface area contributed by atoms with Crippen LogP contribution in [-0.4, -0.2) is 47.9 Å². The number of ether oxygens (including phenoxy) is 1. The van der Waals surface area contributed by atoms with Gasteiger partial charge in [-0.15, -0.1) is 0 Å². The van der Waals surface area contributed by atoms with Crippen LogP contribution in [0.3, 0.4) is 0 Å². The third kappa shape index (κ3) is 4.53. The van der Waals surface area contributed by atoms with Crippen LogP contribution < -0.4 is 0 Å². The number of nitro groups is 1. The minimum Gasteiger partial charge on any atom is -0.383 e. The molecular weight excluding hydrogens is 335 g/mol. The van der Waals surface area contributed by atoms with Crippen LogP contribution in [0.1, 0.15) is 10.4 Å². The Morgan fingerprint density at radius 1 is 1.45 bits per heavy atom. The minimum atomic E-state index is -0.812. The van der Waals surface area contributed by atoms with Gasteiger partial charge in [-0.1, -0.05) is 15.9 Å². The normalized spacial score (nSPS) is 10.3. The fraction of sp³-hybridized carbons (Fsp3) is 0.417. The molecule has 1 amide bonds. The van der Waals surface area contributed by atoms with Crippen LogP contribution in [0.4, 0.5) is 10.1 Å². The highest BCUT2D eigenvalue weighted by molar-refractivity contribution is 9.09. The van der Waals surface area contributed by atoms with Crippen LogP contribution in [0, 0.1) is 15.9 Å². The van der Waals surface area contributed by atoms with E-state index in [4.69, 9.17) is 4.74 Å². The van der Waals surface area contributed by atoms with Gasteiger partial charge in [-0.05, 0) is 6.07 Å². The molecule has 0 bridgehead atoms. The van der Waals surface area contributed by atoms with Crippen LogP contribution in [0.25, 0.3) is 0 Å². The molecule has 1 aromatic rings. The van der Waals surface area contributed by atoms with Gasteiger partial charge in [0.2, 0.25) is 0 Å². The summed E-state index contributed by atoms with van der Waals surface area (Å²) in [6, 6.07) is 2.84. The molecule has 0 fully saturated rings. The largest absolute Gasteiger partial charge is 0.383 e. The molecule has 0 radical (unpaired) electrons. The van der Waals surface area contributed by atoms with Crippen molar-refractivity contribution < 1.29 is 18.8 Å². The Morgan fingerprint density at radius 3 is 2.70 bits per heavy atom. The van der Waals surface area contributed by atoms with E-state index < -0.39 is 22.3 Å². The van der Waals surface area contributed by atoms with Gasteiger partial charge in [-0.25, -0.2) is 4.39 Å². The second-order valence-electron chi connectivity index (χ2n) is 3.93. The Kier molecular flexibility index (Phi) is 6.53. The van der Waals surface area contributed by atoms with E-state index in [1.807, 2.05) is 0 Å². The lowest BCUT2D eigenvalue weighted by Crippen LogP contribution is -2.35. The monoisotopic (exact) mass is 348 g/mol. The number of hydrogen-bond donors (Lipinski definition) is 0. The molecule has 0 saturated carbocycles. The zero-order valence-corrected chi connectivity index (χ0v) is 12.4. The highest BCUT2D eigenvalue weighted by Gasteiger charge is 2.19. The van der Waals surface area contributed by atoms with Gasteiger partial charge in [0.25, 0.3) is 11.6 Å².